The highest BCUT2D eigenvalue weighted by Crippen LogP contribution is 2.24. The van der Waals surface area contributed by atoms with Crippen molar-refractivity contribution in [2.24, 2.45) is 5.92 Å². The fourth-order valence-electron chi connectivity index (χ4n) is 3.52. The molecular formula is C22H28N4O2. The summed E-state index contributed by atoms with van der Waals surface area (Å²) in [4.78, 5) is 14.0. The van der Waals surface area contributed by atoms with E-state index in [0.717, 1.165) is 49.2 Å². The van der Waals surface area contributed by atoms with Crippen LogP contribution in [0.4, 0.5) is 4.79 Å². The molecule has 2 aromatic rings. The van der Waals surface area contributed by atoms with Crippen molar-refractivity contribution >= 4 is 6.09 Å². The molecule has 2 heterocycles. The van der Waals surface area contributed by atoms with E-state index in [1.54, 1.807) is 4.90 Å². The van der Waals surface area contributed by atoms with Gasteiger partial charge in [0.15, 0.2) is 0 Å². The summed E-state index contributed by atoms with van der Waals surface area (Å²) in [6.07, 6.45) is 5.55. The molecule has 0 unspecified atom stereocenters. The fourth-order valence-corrected chi connectivity index (χ4v) is 3.52. The van der Waals surface area contributed by atoms with Crippen molar-refractivity contribution in [2.75, 3.05) is 13.1 Å². The maximum atomic E-state index is 12.2. The lowest BCUT2D eigenvalue weighted by molar-refractivity contribution is 0.0177. The van der Waals surface area contributed by atoms with E-state index >= 15 is 0 Å². The molecule has 0 N–H and O–H groups in total. The zero-order chi connectivity index (χ0) is 20.3. The average Bonchev–Trinajstić information content (AvgIpc) is 3.09. The van der Waals surface area contributed by atoms with Gasteiger partial charge in [-0.1, -0.05) is 6.07 Å². The number of carbonyl (C=O) groups excluding carboxylic acids is 1. The van der Waals surface area contributed by atoms with Crippen LogP contribution in [0.2, 0.25) is 0 Å². The summed E-state index contributed by atoms with van der Waals surface area (Å²) in [6.45, 7) is 9.93. The largest absolute Gasteiger partial charge is 0.444 e. The van der Waals surface area contributed by atoms with Crippen LogP contribution in [0.1, 0.15) is 44.7 Å². The van der Waals surface area contributed by atoms with Gasteiger partial charge in [-0.2, -0.15) is 10.4 Å². The minimum atomic E-state index is -0.458. The molecule has 0 aliphatic carbocycles. The summed E-state index contributed by atoms with van der Waals surface area (Å²) in [5, 5.41) is 13.7. The fraction of sp³-hybridized carbons (Fsp3) is 0.500. The molecule has 6 nitrogen and oxygen atoms in total. The third-order valence-electron chi connectivity index (χ3n) is 4.88. The SMILES string of the molecule is Cc1cc(C#N)cc(-c2cnn(CC3CCN(C(=O)OC(C)(C)C)CC3)c2)c1. The lowest BCUT2D eigenvalue weighted by Crippen LogP contribution is -2.42. The summed E-state index contributed by atoms with van der Waals surface area (Å²) in [7, 11) is 0. The minimum absolute atomic E-state index is 0.222. The van der Waals surface area contributed by atoms with Crippen LogP contribution in [-0.4, -0.2) is 39.5 Å². The van der Waals surface area contributed by atoms with Crippen LogP contribution in [0.3, 0.4) is 0 Å². The molecule has 148 valence electrons. The Morgan fingerprint density at radius 3 is 2.61 bits per heavy atom. The van der Waals surface area contributed by atoms with Gasteiger partial charge in [-0.25, -0.2) is 4.79 Å². The summed E-state index contributed by atoms with van der Waals surface area (Å²) in [5.74, 6) is 0.485. The second kappa shape index (κ2) is 8.05. The Bertz CT molecular complexity index is 881. The number of rotatable bonds is 3. The van der Waals surface area contributed by atoms with Gasteiger partial charge in [-0.05, 0) is 69.7 Å². The zero-order valence-electron chi connectivity index (χ0n) is 17.1. The number of aryl methyl sites for hydroxylation is 1. The van der Waals surface area contributed by atoms with Gasteiger partial charge in [0, 0.05) is 31.4 Å². The normalized spacial score (nSPS) is 15.3. The first-order valence-corrected chi connectivity index (χ1v) is 9.76. The standard InChI is InChI=1S/C22H28N4O2/c1-16-9-18(12-23)11-19(10-16)20-13-24-26(15-20)14-17-5-7-25(8-6-17)21(27)28-22(2,3)4/h9-11,13,15,17H,5-8,14H2,1-4H3. The van der Waals surface area contributed by atoms with Crippen LogP contribution in [0.5, 0.6) is 0 Å². The van der Waals surface area contributed by atoms with Crippen molar-refractivity contribution in [3.8, 4) is 17.2 Å². The molecule has 0 radical (unpaired) electrons. The van der Waals surface area contributed by atoms with Gasteiger partial charge < -0.3 is 9.64 Å². The van der Waals surface area contributed by atoms with Gasteiger partial charge in [-0.15, -0.1) is 0 Å². The molecule has 1 aromatic heterocycles. The van der Waals surface area contributed by atoms with E-state index < -0.39 is 5.60 Å². The average molecular weight is 380 g/mol. The van der Waals surface area contributed by atoms with E-state index in [4.69, 9.17) is 4.74 Å². The Balaban J connectivity index is 1.58. The molecule has 3 rings (SSSR count). The molecule has 0 atom stereocenters. The van der Waals surface area contributed by atoms with Crippen LogP contribution < -0.4 is 0 Å². The molecule has 0 bridgehead atoms. The molecule has 1 saturated heterocycles. The second-order valence-electron chi connectivity index (χ2n) is 8.56. The Morgan fingerprint density at radius 2 is 1.96 bits per heavy atom. The molecule has 1 aliphatic heterocycles. The van der Waals surface area contributed by atoms with Crippen LogP contribution in [0.25, 0.3) is 11.1 Å². The van der Waals surface area contributed by atoms with Crippen molar-refractivity contribution in [3.05, 3.63) is 41.7 Å². The summed E-state index contributed by atoms with van der Waals surface area (Å²) < 4.78 is 7.43. The number of piperidine rings is 1. The van der Waals surface area contributed by atoms with Crippen LogP contribution >= 0.6 is 0 Å². The Labute approximate surface area is 166 Å². The number of hydrogen-bond donors (Lipinski definition) is 0. The van der Waals surface area contributed by atoms with Crippen LogP contribution in [0.15, 0.2) is 30.6 Å². The lowest BCUT2D eigenvalue weighted by atomic mass is 9.97. The predicted octanol–water partition coefficient (Wildman–Crippen LogP) is 4.38. The summed E-state index contributed by atoms with van der Waals surface area (Å²) >= 11 is 0. The van der Waals surface area contributed by atoms with E-state index in [9.17, 15) is 10.1 Å². The van der Waals surface area contributed by atoms with Gasteiger partial charge in [0.05, 0.1) is 17.8 Å². The van der Waals surface area contributed by atoms with E-state index in [1.807, 2.05) is 56.9 Å². The molecule has 6 heteroatoms. The van der Waals surface area contributed by atoms with Gasteiger partial charge in [-0.3, -0.25) is 4.68 Å². The van der Waals surface area contributed by atoms with Crippen molar-refractivity contribution in [3.63, 3.8) is 0 Å². The molecule has 1 aromatic carbocycles. The summed E-state index contributed by atoms with van der Waals surface area (Å²) in [5.41, 5.74) is 3.31. The number of carbonyl (C=O) groups is 1. The smallest absolute Gasteiger partial charge is 0.410 e. The third kappa shape index (κ3) is 5.13. The maximum absolute atomic E-state index is 12.2. The van der Waals surface area contributed by atoms with Crippen LogP contribution in [-0.2, 0) is 11.3 Å². The monoisotopic (exact) mass is 380 g/mol. The Hall–Kier alpha value is -2.81. The maximum Gasteiger partial charge on any atom is 0.410 e. The topological polar surface area (TPSA) is 71.2 Å². The van der Waals surface area contributed by atoms with E-state index in [1.165, 1.54) is 0 Å². The van der Waals surface area contributed by atoms with Crippen molar-refractivity contribution in [2.45, 2.75) is 52.7 Å². The molecule has 1 fully saturated rings. The summed E-state index contributed by atoms with van der Waals surface area (Å²) in [6, 6.07) is 8.06. The first kappa shape index (κ1) is 19.9. The number of nitriles is 1. The number of likely N-dealkylation sites (tertiary alicyclic amines) is 1. The van der Waals surface area contributed by atoms with E-state index in [-0.39, 0.29) is 6.09 Å². The molecular weight excluding hydrogens is 352 g/mol. The molecule has 1 aliphatic rings. The van der Waals surface area contributed by atoms with Crippen molar-refractivity contribution < 1.29 is 9.53 Å². The molecule has 1 amide bonds. The quantitative estimate of drug-likeness (QED) is 0.792. The van der Waals surface area contributed by atoms with E-state index in [2.05, 4.69) is 17.2 Å². The van der Waals surface area contributed by atoms with Crippen molar-refractivity contribution in [1.82, 2.24) is 14.7 Å². The van der Waals surface area contributed by atoms with Crippen molar-refractivity contribution in [1.29, 1.82) is 5.26 Å². The Kier molecular flexibility index (Phi) is 5.73. The number of benzene rings is 1. The molecule has 0 saturated carbocycles. The third-order valence-corrected chi connectivity index (χ3v) is 4.88. The minimum Gasteiger partial charge on any atom is -0.444 e. The second-order valence-corrected chi connectivity index (χ2v) is 8.56. The van der Waals surface area contributed by atoms with Gasteiger partial charge in [0.2, 0.25) is 0 Å². The first-order valence-electron chi connectivity index (χ1n) is 9.76. The first-order chi connectivity index (χ1) is 13.2. The highest BCUT2D eigenvalue weighted by molar-refractivity contribution is 5.68. The molecule has 0 spiro atoms. The highest BCUT2D eigenvalue weighted by atomic mass is 16.6. The number of hydrogen-bond acceptors (Lipinski definition) is 4. The van der Waals surface area contributed by atoms with Gasteiger partial charge in [0.1, 0.15) is 5.60 Å². The zero-order valence-corrected chi connectivity index (χ0v) is 17.1. The number of nitrogens with zero attached hydrogens (tertiary/aromatic N) is 4. The number of ether oxygens (including phenoxy) is 1. The van der Waals surface area contributed by atoms with E-state index in [0.29, 0.717) is 11.5 Å². The number of aromatic nitrogens is 2. The van der Waals surface area contributed by atoms with Gasteiger partial charge in [0.25, 0.3) is 0 Å². The Morgan fingerprint density at radius 1 is 1.25 bits per heavy atom. The lowest BCUT2D eigenvalue weighted by Gasteiger charge is -2.33. The van der Waals surface area contributed by atoms with Crippen LogP contribution in [0, 0.1) is 24.2 Å². The highest BCUT2D eigenvalue weighted by Gasteiger charge is 2.27. The number of amides is 1. The predicted molar refractivity (Wildman–Crippen MR) is 108 cm³/mol. The van der Waals surface area contributed by atoms with Gasteiger partial charge >= 0.3 is 6.09 Å². The molecule has 28 heavy (non-hydrogen) atoms.